The van der Waals surface area contributed by atoms with Crippen LogP contribution in [0, 0.1) is 10.1 Å². The number of anilines is 1. The zero-order valence-corrected chi connectivity index (χ0v) is 15.8. The highest BCUT2D eigenvalue weighted by Crippen LogP contribution is 2.34. The van der Waals surface area contributed by atoms with E-state index >= 15 is 0 Å². The molecule has 2 aromatic rings. The molecule has 0 spiro atoms. The lowest BCUT2D eigenvalue weighted by atomic mass is 10.1. The van der Waals surface area contributed by atoms with Gasteiger partial charge in [0.05, 0.1) is 34.9 Å². The molecule has 0 aliphatic carbocycles. The van der Waals surface area contributed by atoms with Crippen LogP contribution in [0.5, 0.6) is 11.5 Å². The summed E-state index contributed by atoms with van der Waals surface area (Å²) in [5.41, 5.74) is 0.288. The standard InChI is InChI=1S/C15H12Br2N2O5/c1-23-13-4-3-9(19(21)22)7-12(13)18-15(20)10-5-8(16)6-11(17)14(10)24-2/h3-7H,1-2H3,(H,18,20). The summed E-state index contributed by atoms with van der Waals surface area (Å²) in [5.74, 6) is 0.162. The van der Waals surface area contributed by atoms with Crippen molar-refractivity contribution in [1.29, 1.82) is 0 Å². The number of carbonyl (C=O) groups is 1. The molecule has 1 amide bonds. The van der Waals surface area contributed by atoms with E-state index in [1.807, 2.05) is 0 Å². The molecule has 7 nitrogen and oxygen atoms in total. The fraction of sp³-hybridized carbons (Fsp3) is 0.133. The average Bonchev–Trinajstić information content (AvgIpc) is 2.53. The minimum Gasteiger partial charge on any atom is -0.495 e. The van der Waals surface area contributed by atoms with Crippen molar-refractivity contribution in [3.8, 4) is 11.5 Å². The second-order valence-electron chi connectivity index (χ2n) is 4.56. The monoisotopic (exact) mass is 458 g/mol. The van der Waals surface area contributed by atoms with E-state index in [0.29, 0.717) is 20.4 Å². The number of hydrogen-bond donors (Lipinski definition) is 1. The molecule has 0 radical (unpaired) electrons. The number of nitrogens with one attached hydrogen (secondary N) is 1. The molecule has 0 saturated carbocycles. The van der Waals surface area contributed by atoms with Crippen LogP contribution in [-0.4, -0.2) is 25.1 Å². The number of non-ortho nitro benzene ring substituents is 1. The third kappa shape index (κ3) is 3.85. The summed E-state index contributed by atoms with van der Waals surface area (Å²) in [5, 5.41) is 13.5. The second kappa shape index (κ2) is 7.63. The van der Waals surface area contributed by atoms with Crippen LogP contribution in [0.2, 0.25) is 0 Å². The van der Waals surface area contributed by atoms with Gasteiger partial charge < -0.3 is 14.8 Å². The Balaban J connectivity index is 2.43. The SMILES string of the molecule is COc1ccc([N+](=O)[O-])cc1NC(=O)c1cc(Br)cc(Br)c1OC. The van der Waals surface area contributed by atoms with Crippen molar-refractivity contribution in [2.75, 3.05) is 19.5 Å². The van der Waals surface area contributed by atoms with Gasteiger partial charge >= 0.3 is 0 Å². The number of nitrogens with zero attached hydrogens (tertiary/aromatic N) is 1. The minimum atomic E-state index is -0.550. The zero-order chi connectivity index (χ0) is 17.9. The van der Waals surface area contributed by atoms with E-state index in [1.54, 1.807) is 12.1 Å². The van der Waals surface area contributed by atoms with Crippen molar-refractivity contribution in [2.24, 2.45) is 0 Å². The Kier molecular flexibility index (Phi) is 5.79. The molecule has 9 heteroatoms. The zero-order valence-electron chi connectivity index (χ0n) is 12.6. The van der Waals surface area contributed by atoms with Crippen molar-refractivity contribution >= 4 is 49.1 Å². The van der Waals surface area contributed by atoms with Crippen molar-refractivity contribution in [3.63, 3.8) is 0 Å². The summed E-state index contributed by atoms with van der Waals surface area (Å²) in [4.78, 5) is 23.0. The highest BCUT2D eigenvalue weighted by Gasteiger charge is 2.19. The van der Waals surface area contributed by atoms with Crippen LogP contribution < -0.4 is 14.8 Å². The summed E-state index contributed by atoms with van der Waals surface area (Å²) in [6.45, 7) is 0. The Morgan fingerprint density at radius 3 is 2.46 bits per heavy atom. The predicted molar refractivity (Wildman–Crippen MR) is 96.0 cm³/mol. The average molecular weight is 460 g/mol. The molecule has 0 aromatic heterocycles. The van der Waals surface area contributed by atoms with Gasteiger partial charge in [0.25, 0.3) is 11.6 Å². The van der Waals surface area contributed by atoms with Crippen LogP contribution in [0.25, 0.3) is 0 Å². The Bertz CT molecular complexity index is 811. The molecule has 0 aliphatic heterocycles. The van der Waals surface area contributed by atoms with Gasteiger partial charge in [-0.25, -0.2) is 0 Å². The maximum absolute atomic E-state index is 12.6. The van der Waals surface area contributed by atoms with Crippen LogP contribution in [0.1, 0.15) is 10.4 Å². The van der Waals surface area contributed by atoms with Gasteiger partial charge in [-0.2, -0.15) is 0 Å². The molecule has 0 aliphatic rings. The number of benzene rings is 2. The smallest absolute Gasteiger partial charge is 0.271 e. The van der Waals surface area contributed by atoms with Crippen LogP contribution in [0.15, 0.2) is 39.3 Å². The van der Waals surface area contributed by atoms with Gasteiger partial charge in [-0.15, -0.1) is 0 Å². The highest BCUT2D eigenvalue weighted by molar-refractivity contribution is 9.11. The van der Waals surface area contributed by atoms with E-state index in [9.17, 15) is 14.9 Å². The lowest BCUT2D eigenvalue weighted by Gasteiger charge is -2.13. The largest absolute Gasteiger partial charge is 0.495 e. The van der Waals surface area contributed by atoms with Gasteiger partial charge in [0.1, 0.15) is 11.5 Å². The maximum atomic E-state index is 12.6. The van der Waals surface area contributed by atoms with E-state index in [4.69, 9.17) is 9.47 Å². The summed E-state index contributed by atoms with van der Waals surface area (Å²) in [6.07, 6.45) is 0. The first kappa shape index (κ1) is 18.2. The molecule has 0 atom stereocenters. The van der Waals surface area contributed by atoms with Crippen molar-refractivity contribution < 1.29 is 19.2 Å². The Labute approximate surface area is 154 Å². The minimum absolute atomic E-state index is 0.159. The van der Waals surface area contributed by atoms with Crippen LogP contribution in [0.4, 0.5) is 11.4 Å². The molecule has 126 valence electrons. The van der Waals surface area contributed by atoms with Crippen molar-refractivity contribution in [1.82, 2.24) is 0 Å². The van der Waals surface area contributed by atoms with E-state index in [1.165, 1.54) is 32.4 Å². The number of nitro groups is 1. The predicted octanol–water partition coefficient (Wildman–Crippen LogP) is 4.39. The van der Waals surface area contributed by atoms with Crippen molar-refractivity contribution in [2.45, 2.75) is 0 Å². The molecular formula is C15H12Br2N2O5. The fourth-order valence-corrected chi connectivity index (χ4v) is 3.42. The number of hydrogen-bond acceptors (Lipinski definition) is 5. The topological polar surface area (TPSA) is 90.7 Å². The molecular weight excluding hydrogens is 448 g/mol. The van der Waals surface area contributed by atoms with Crippen molar-refractivity contribution in [3.05, 3.63) is 55.0 Å². The molecule has 0 saturated heterocycles. The first-order valence-electron chi connectivity index (χ1n) is 6.54. The molecule has 24 heavy (non-hydrogen) atoms. The van der Waals surface area contributed by atoms with Gasteiger partial charge in [-0.1, -0.05) is 15.9 Å². The summed E-state index contributed by atoms with van der Waals surface area (Å²) in [6, 6.07) is 7.27. The van der Waals surface area contributed by atoms with Gasteiger partial charge in [0.15, 0.2) is 0 Å². The van der Waals surface area contributed by atoms with Gasteiger partial charge in [0.2, 0.25) is 0 Å². The van der Waals surface area contributed by atoms with Crippen LogP contribution in [-0.2, 0) is 0 Å². The second-order valence-corrected chi connectivity index (χ2v) is 6.33. The van der Waals surface area contributed by atoms with Gasteiger partial charge in [-0.3, -0.25) is 14.9 Å². The van der Waals surface area contributed by atoms with Crippen LogP contribution >= 0.6 is 31.9 Å². The van der Waals surface area contributed by atoms with E-state index in [2.05, 4.69) is 37.2 Å². The fourth-order valence-electron chi connectivity index (χ4n) is 2.03. The number of carbonyl (C=O) groups excluding carboxylic acids is 1. The summed E-state index contributed by atoms with van der Waals surface area (Å²) in [7, 11) is 2.85. The molecule has 2 rings (SSSR count). The Morgan fingerprint density at radius 2 is 1.88 bits per heavy atom. The Morgan fingerprint density at radius 1 is 1.17 bits per heavy atom. The molecule has 0 bridgehead atoms. The van der Waals surface area contributed by atoms with Gasteiger partial charge in [-0.05, 0) is 34.1 Å². The number of ether oxygens (including phenoxy) is 2. The molecule has 2 aromatic carbocycles. The number of methoxy groups -OCH3 is 2. The first-order chi connectivity index (χ1) is 11.4. The lowest BCUT2D eigenvalue weighted by Crippen LogP contribution is -2.14. The maximum Gasteiger partial charge on any atom is 0.271 e. The third-order valence-electron chi connectivity index (χ3n) is 3.10. The number of nitro benzene ring substituents is 1. The molecule has 0 unspecified atom stereocenters. The van der Waals surface area contributed by atoms with Gasteiger partial charge in [0, 0.05) is 16.6 Å². The van der Waals surface area contributed by atoms with E-state index < -0.39 is 10.8 Å². The number of halogens is 2. The highest BCUT2D eigenvalue weighted by atomic mass is 79.9. The summed E-state index contributed by atoms with van der Waals surface area (Å²) >= 11 is 6.63. The third-order valence-corrected chi connectivity index (χ3v) is 4.15. The molecule has 0 fully saturated rings. The van der Waals surface area contributed by atoms with E-state index in [-0.39, 0.29) is 16.9 Å². The number of rotatable bonds is 5. The number of amides is 1. The normalized spacial score (nSPS) is 10.2. The van der Waals surface area contributed by atoms with Crippen LogP contribution in [0.3, 0.4) is 0 Å². The molecule has 1 N–H and O–H groups in total. The molecule has 0 heterocycles. The first-order valence-corrected chi connectivity index (χ1v) is 8.12. The summed E-state index contributed by atoms with van der Waals surface area (Å²) < 4.78 is 11.6. The Hall–Kier alpha value is -2.13. The van der Waals surface area contributed by atoms with E-state index in [0.717, 1.165) is 0 Å². The lowest BCUT2D eigenvalue weighted by molar-refractivity contribution is -0.384. The quantitative estimate of drug-likeness (QED) is 0.528.